The normalized spacial score (nSPS) is 16.1. The summed E-state index contributed by atoms with van der Waals surface area (Å²) in [4.78, 5) is 49.0. The molecule has 1 aromatic carbocycles. The first-order valence-electron chi connectivity index (χ1n) is 9.53. The van der Waals surface area contributed by atoms with Gasteiger partial charge in [0.05, 0.1) is 29.3 Å². The van der Waals surface area contributed by atoms with E-state index in [-0.39, 0.29) is 34.6 Å². The molecule has 1 aliphatic rings. The summed E-state index contributed by atoms with van der Waals surface area (Å²) >= 11 is 0. The SMILES string of the molecule is CCOC(=O)C1=C(COC(=O)c2cc(=O)c3cc(C)ccc3o2)NC(=O)N[C@@H]1CC. The minimum absolute atomic E-state index is 0.121. The van der Waals surface area contributed by atoms with E-state index in [1.54, 1.807) is 32.0 Å². The van der Waals surface area contributed by atoms with Crippen molar-refractivity contribution in [2.24, 2.45) is 0 Å². The average molecular weight is 414 g/mol. The van der Waals surface area contributed by atoms with Crippen molar-refractivity contribution in [3.05, 3.63) is 57.1 Å². The Kier molecular flexibility index (Phi) is 6.20. The van der Waals surface area contributed by atoms with Crippen LogP contribution in [0.3, 0.4) is 0 Å². The quantitative estimate of drug-likeness (QED) is 0.694. The molecule has 9 nitrogen and oxygen atoms in total. The van der Waals surface area contributed by atoms with Gasteiger partial charge in [-0.25, -0.2) is 14.4 Å². The van der Waals surface area contributed by atoms with E-state index in [9.17, 15) is 19.2 Å². The van der Waals surface area contributed by atoms with Crippen LogP contribution in [0.2, 0.25) is 0 Å². The fourth-order valence-corrected chi connectivity index (χ4v) is 3.16. The number of ether oxygens (including phenoxy) is 2. The topological polar surface area (TPSA) is 124 Å². The molecule has 30 heavy (non-hydrogen) atoms. The summed E-state index contributed by atoms with van der Waals surface area (Å²) in [7, 11) is 0. The molecule has 3 rings (SSSR count). The maximum Gasteiger partial charge on any atom is 0.374 e. The monoisotopic (exact) mass is 414 g/mol. The lowest BCUT2D eigenvalue weighted by Crippen LogP contribution is -2.51. The smallest absolute Gasteiger partial charge is 0.374 e. The fourth-order valence-electron chi connectivity index (χ4n) is 3.16. The Morgan fingerprint density at radius 1 is 1.10 bits per heavy atom. The molecule has 158 valence electrons. The first kappa shape index (κ1) is 21.1. The summed E-state index contributed by atoms with van der Waals surface area (Å²) in [6, 6.07) is 4.99. The van der Waals surface area contributed by atoms with E-state index in [0.717, 1.165) is 11.6 Å². The molecule has 0 bridgehead atoms. The van der Waals surface area contributed by atoms with Gasteiger partial charge < -0.3 is 24.5 Å². The van der Waals surface area contributed by atoms with E-state index in [1.807, 2.05) is 6.92 Å². The Balaban J connectivity index is 1.86. The largest absolute Gasteiger partial charge is 0.463 e. The van der Waals surface area contributed by atoms with Crippen molar-refractivity contribution in [2.75, 3.05) is 13.2 Å². The lowest BCUT2D eigenvalue weighted by atomic mass is 10.0. The molecule has 0 aliphatic carbocycles. The number of esters is 2. The van der Waals surface area contributed by atoms with E-state index in [4.69, 9.17) is 13.9 Å². The average Bonchev–Trinajstić information content (AvgIpc) is 2.71. The second-order valence-electron chi connectivity index (χ2n) is 6.72. The first-order chi connectivity index (χ1) is 14.3. The molecule has 0 saturated heterocycles. The van der Waals surface area contributed by atoms with Crippen molar-refractivity contribution in [1.82, 2.24) is 10.6 Å². The Bertz CT molecular complexity index is 1100. The highest BCUT2D eigenvalue weighted by Crippen LogP contribution is 2.19. The Morgan fingerprint density at radius 3 is 2.57 bits per heavy atom. The van der Waals surface area contributed by atoms with Crippen LogP contribution in [0.4, 0.5) is 4.79 Å². The molecule has 0 fully saturated rings. The number of carbonyl (C=O) groups is 3. The van der Waals surface area contributed by atoms with Crippen LogP contribution in [0.1, 0.15) is 36.4 Å². The molecule has 1 atom stereocenters. The number of carbonyl (C=O) groups excluding carboxylic acids is 3. The Morgan fingerprint density at radius 2 is 1.87 bits per heavy atom. The highest BCUT2D eigenvalue weighted by atomic mass is 16.5. The van der Waals surface area contributed by atoms with E-state index in [0.29, 0.717) is 11.8 Å². The third-order valence-electron chi connectivity index (χ3n) is 4.58. The van der Waals surface area contributed by atoms with E-state index in [2.05, 4.69) is 10.6 Å². The number of fused-ring (bicyclic) bond motifs is 1. The van der Waals surface area contributed by atoms with Crippen molar-refractivity contribution in [1.29, 1.82) is 0 Å². The second kappa shape index (κ2) is 8.81. The summed E-state index contributed by atoms with van der Waals surface area (Å²) in [6.07, 6.45) is 0.442. The minimum Gasteiger partial charge on any atom is -0.463 e. The van der Waals surface area contributed by atoms with Gasteiger partial charge >= 0.3 is 18.0 Å². The second-order valence-corrected chi connectivity index (χ2v) is 6.72. The molecule has 2 N–H and O–H groups in total. The number of hydrogen-bond donors (Lipinski definition) is 2. The number of benzene rings is 1. The van der Waals surface area contributed by atoms with Gasteiger partial charge in [-0.3, -0.25) is 4.79 Å². The highest BCUT2D eigenvalue weighted by molar-refractivity contribution is 5.95. The van der Waals surface area contributed by atoms with Crippen LogP contribution in [0.15, 0.2) is 44.7 Å². The number of aryl methyl sites for hydroxylation is 1. The van der Waals surface area contributed by atoms with Crippen LogP contribution in [0.5, 0.6) is 0 Å². The molecule has 2 amide bonds. The molecule has 0 spiro atoms. The molecule has 0 radical (unpaired) electrons. The zero-order valence-electron chi connectivity index (χ0n) is 16.9. The molecule has 0 unspecified atom stereocenters. The third-order valence-corrected chi connectivity index (χ3v) is 4.58. The Hall–Kier alpha value is -3.62. The van der Waals surface area contributed by atoms with Crippen LogP contribution in [-0.2, 0) is 14.3 Å². The van der Waals surface area contributed by atoms with Gasteiger partial charge in [0.15, 0.2) is 5.43 Å². The third kappa shape index (κ3) is 4.35. The van der Waals surface area contributed by atoms with Crippen molar-refractivity contribution in [3.8, 4) is 0 Å². The standard InChI is InChI=1S/C21H22N2O7/c1-4-13-18(20(26)28-5-2)14(23-21(27)22-13)10-29-19(25)17-9-15(24)12-8-11(3)6-7-16(12)30-17/h6-9,13H,4-5,10H2,1-3H3,(H2,22,23,27)/t13-/m1/s1. The van der Waals surface area contributed by atoms with Crippen LogP contribution in [0, 0.1) is 6.92 Å². The molecule has 2 heterocycles. The van der Waals surface area contributed by atoms with Gasteiger partial charge in [0.2, 0.25) is 5.76 Å². The summed E-state index contributed by atoms with van der Waals surface area (Å²) in [6.45, 7) is 5.06. The van der Waals surface area contributed by atoms with Crippen molar-refractivity contribution < 1.29 is 28.3 Å². The van der Waals surface area contributed by atoms with E-state index >= 15 is 0 Å². The van der Waals surface area contributed by atoms with Crippen LogP contribution >= 0.6 is 0 Å². The number of hydrogen-bond acceptors (Lipinski definition) is 7. The van der Waals surface area contributed by atoms with Crippen LogP contribution in [-0.4, -0.2) is 37.2 Å². The van der Waals surface area contributed by atoms with Gasteiger partial charge in [-0.1, -0.05) is 18.6 Å². The number of urea groups is 1. The predicted octanol–water partition coefficient (Wildman–Crippen LogP) is 2.17. The summed E-state index contributed by atoms with van der Waals surface area (Å²) in [5.74, 6) is -1.79. The van der Waals surface area contributed by atoms with Crippen molar-refractivity contribution in [3.63, 3.8) is 0 Å². The molecular weight excluding hydrogens is 392 g/mol. The maximum absolute atomic E-state index is 12.5. The van der Waals surface area contributed by atoms with E-state index in [1.165, 1.54) is 0 Å². The van der Waals surface area contributed by atoms with Gasteiger partial charge in [-0.15, -0.1) is 0 Å². The zero-order chi connectivity index (χ0) is 21.8. The summed E-state index contributed by atoms with van der Waals surface area (Å²) < 4.78 is 15.8. The molecule has 2 aromatic rings. The van der Waals surface area contributed by atoms with Gasteiger partial charge in [-0.05, 0) is 32.4 Å². The molecule has 0 saturated carbocycles. The lowest BCUT2D eigenvalue weighted by molar-refractivity contribution is -0.139. The highest BCUT2D eigenvalue weighted by Gasteiger charge is 2.32. The molecule has 9 heteroatoms. The fraction of sp³-hybridized carbons (Fsp3) is 0.333. The number of rotatable bonds is 6. The van der Waals surface area contributed by atoms with Crippen molar-refractivity contribution in [2.45, 2.75) is 33.2 Å². The molecule has 1 aromatic heterocycles. The van der Waals surface area contributed by atoms with Crippen LogP contribution < -0.4 is 16.1 Å². The Labute approximate surface area is 172 Å². The first-order valence-corrected chi connectivity index (χ1v) is 9.53. The van der Waals surface area contributed by atoms with Gasteiger partial charge in [0.25, 0.3) is 0 Å². The summed E-state index contributed by atoms with van der Waals surface area (Å²) in [5, 5.41) is 5.47. The van der Waals surface area contributed by atoms with Gasteiger partial charge in [0.1, 0.15) is 12.2 Å². The number of nitrogens with one attached hydrogen (secondary N) is 2. The molecule has 1 aliphatic heterocycles. The number of amides is 2. The van der Waals surface area contributed by atoms with E-state index < -0.39 is 30.6 Å². The minimum atomic E-state index is -0.897. The van der Waals surface area contributed by atoms with Gasteiger partial charge in [0, 0.05) is 6.07 Å². The zero-order valence-corrected chi connectivity index (χ0v) is 16.9. The summed E-state index contributed by atoms with van der Waals surface area (Å²) in [5.41, 5.74) is 1.07. The van der Waals surface area contributed by atoms with Crippen molar-refractivity contribution >= 4 is 28.9 Å². The molecular formula is C21H22N2O7. The predicted molar refractivity (Wildman–Crippen MR) is 107 cm³/mol. The maximum atomic E-state index is 12.5. The van der Waals surface area contributed by atoms with Crippen LogP contribution in [0.25, 0.3) is 11.0 Å². The lowest BCUT2D eigenvalue weighted by Gasteiger charge is -2.28. The van der Waals surface area contributed by atoms with Gasteiger partial charge in [-0.2, -0.15) is 0 Å².